The molecule has 0 saturated carbocycles. The molecule has 0 aliphatic heterocycles. The van der Waals surface area contributed by atoms with Crippen LogP contribution in [0.4, 0.5) is 10.1 Å². The van der Waals surface area contributed by atoms with Gasteiger partial charge in [-0.25, -0.2) is 9.18 Å². The van der Waals surface area contributed by atoms with Crippen LogP contribution in [-0.4, -0.2) is 23.6 Å². The Balaban J connectivity index is 2.04. The van der Waals surface area contributed by atoms with Gasteiger partial charge in [0, 0.05) is 16.3 Å². The van der Waals surface area contributed by atoms with Crippen molar-refractivity contribution in [2.45, 2.75) is 27.7 Å². The van der Waals surface area contributed by atoms with Crippen molar-refractivity contribution in [3.63, 3.8) is 0 Å². The number of nitriles is 1. The van der Waals surface area contributed by atoms with Crippen LogP contribution in [0.5, 0.6) is 0 Å². The van der Waals surface area contributed by atoms with Gasteiger partial charge >= 0.3 is 5.97 Å². The topological polar surface area (TPSA) is 84.1 Å². The van der Waals surface area contributed by atoms with E-state index in [9.17, 15) is 19.2 Å². The molecule has 0 fully saturated rings. The highest BCUT2D eigenvalue weighted by molar-refractivity contribution is 7.15. The third kappa shape index (κ3) is 4.20. The van der Waals surface area contributed by atoms with Crippen molar-refractivity contribution in [1.82, 2.24) is 4.57 Å². The van der Waals surface area contributed by atoms with Crippen LogP contribution in [0.25, 0.3) is 11.1 Å². The highest BCUT2D eigenvalue weighted by atomic mass is 32.1. The van der Waals surface area contributed by atoms with E-state index in [1.54, 1.807) is 6.07 Å². The molecule has 3 aromatic rings. The molecule has 2 aromatic heterocycles. The zero-order valence-corrected chi connectivity index (χ0v) is 19.2. The molecule has 0 atom stereocenters. The molecular weight excluding hydrogens is 429 g/mol. The van der Waals surface area contributed by atoms with Crippen LogP contribution in [0.1, 0.15) is 37.7 Å². The predicted molar refractivity (Wildman–Crippen MR) is 123 cm³/mol. The average Bonchev–Trinajstić information content (AvgIpc) is 3.21. The first-order valence-corrected chi connectivity index (χ1v) is 10.6. The van der Waals surface area contributed by atoms with Gasteiger partial charge in [0.15, 0.2) is 0 Å². The number of carbonyl (C=O) groups is 2. The molecule has 0 radical (unpaired) electrons. The van der Waals surface area contributed by atoms with Crippen LogP contribution in [0.15, 0.2) is 35.9 Å². The molecule has 0 unspecified atom stereocenters. The Kier molecular flexibility index (Phi) is 6.61. The number of ether oxygens (including phenoxy) is 1. The van der Waals surface area contributed by atoms with E-state index in [1.165, 1.54) is 42.7 Å². The zero-order chi connectivity index (χ0) is 23.6. The maximum Gasteiger partial charge on any atom is 0.341 e. The van der Waals surface area contributed by atoms with Crippen molar-refractivity contribution in [3.05, 3.63) is 74.7 Å². The summed E-state index contributed by atoms with van der Waals surface area (Å²) in [4.78, 5) is 26.0. The van der Waals surface area contributed by atoms with Crippen LogP contribution in [0.3, 0.4) is 0 Å². The summed E-state index contributed by atoms with van der Waals surface area (Å²) in [5.74, 6) is -1.72. The van der Waals surface area contributed by atoms with Crippen LogP contribution >= 0.6 is 11.3 Å². The predicted octanol–water partition coefficient (Wildman–Crippen LogP) is 5.24. The Hall–Kier alpha value is -3.70. The molecule has 0 aliphatic rings. The molecular formula is C24H22FN3O3S. The highest BCUT2D eigenvalue weighted by Gasteiger charge is 2.24. The van der Waals surface area contributed by atoms with Gasteiger partial charge in [-0.2, -0.15) is 5.26 Å². The number of methoxy groups -OCH3 is 1. The number of aromatic nitrogens is 1. The number of nitrogens with one attached hydrogen (secondary N) is 1. The van der Waals surface area contributed by atoms with Gasteiger partial charge in [-0.15, -0.1) is 11.3 Å². The molecule has 1 N–H and O–H groups in total. The lowest BCUT2D eigenvalue weighted by atomic mass is 10.1. The van der Waals surface area contributed by atoms with E-state index in [0.29, 0.717) is 11.1 Å². The fourth-order valence-electron chi connectivity index (χ4n) is 3.41. The van der Waals surface area contributed by atoms with E-state index < -0.39 is 17.7 Å². The van der Waals surface area contributed by atoms with E-state index in [2.05, 4.69) is 5.32 Å². The Bertz CT molecular complexity index is 1290. The van der Waals surface area contributed by atoms with Gasteiger partial charge in [0.05, 0.1) is 18.4 Å². The van der Waals surface area contributed by atoms with Crippen LogP contribution in [0, 0.1) is 44.8 Å². The number of anilines is 1. The summed E-state index contributed by atoms with van der Waals surface area (Å²) in [7, 11) is 1.34. The summed E-state index contributed by atoms with van der Waals surface area (Å²) >= 11 is 1.47. The normalized spacial score (nSPS) is 11.2. The first-order chi connectivity index (χ1) is 15.2. The molecule has 32 heavy (non-hydrogen) atoms. The van der Waals surface area contributed by atoms with E-state index in [1.807, 2.05) is 44.4 Å². The number of esters is 1. The SMILES string of the molecule is COC(=O)c1c(-n2c(C)cc(/C=C(\C#N)C(=O)Nc3ccccc3F)c2C)sc(C)c1C. The molecule has 8 heteroatoms. The molecule has 0 spiro atoms. The quantitative estimate of drug-likeness (QED) is 0.326. The molecule has 164 valence electrons. The largest absolute Gasteiger partial charge is 0.465 e. The number of thiophene rings is 1. The smallest absolute Gasteiger partial charge is 0.341 e. The first-order valence-electron chi connectivity index (χ1n) is 9.74. The third-order valence-corrected chi connectivity index (χ3v) is 6.41. The number of amides is 1. The van der Waals surface area contributed by atoms with Crippen molar-refractivity contribution < 1.29 is 18.7 Å². The maximum absolute atomic E-state index is 13.9. The number of aryl methyl sites for hydroxylation is 2. The van der Waals surface area contributed by atoms with Gasteiger partial charge < -0.3 is 14.6 Å². The number of hydrogen-bond acceptors (Lipinski definition) is 5. The number of para-hydroxylation sites is 1. The molecule has 3 rings (SSSR count). The monoisotopic (exact) mass is 451 g/mol. The highest BCUT2D eigenvalue weighted by Crippen LogP contribution is 2.35. The number of rotatable bonds is 5. The van der Waals surface area contributed by atoms with Crippen molar-refractivity contribution >= 4 is 35.0 Å². The van der Waals surface area contributed by atoms with E-state index in [0.717, 1.165) is 26.8 Å². The second-order valence-corrected chi connectivity index (χ2v) is 8.42. The molecule has 6 nitrogen and oxygen atoms in total. The first kappa shape index (κ1) is 23.0. The summed E-state index contributed by atoms with van der Waals surface area (Å²) in [6.07, 6.45) is 1.46. The maximum atomic E-state index is 13.9. The van der Waals surface area contributed by atoms with Gasteiger partial charge in [0.2, 0.25) is 0 Å². The summed E-state index contributed by atoms with van der Waals surface area (Å²) < 4.78 is 20.7. The van der Waals surface area contributed by atoms with E-state index >= 15 is 0 Å². The molecule has 1 aromatic carbocycles. The fourth-order valence-corrected chi connectivity index (χ4v) is 4.67. The number of nitrogens with zero attached hydrogens (tertiary/aromatic N) is 2. The molecule has 0 aliphatic carbocycles. The van der Waals surface area contributed by atoms with Crippen LogP contribution in [0.2, 0.25) is 0 Å². The molecule has 2 heterocycles. The average molecular weight is 452 g/mol. The van der Waals surface area contributed by atoms with Gasteiger partial charge in [-0.3, -0.25) is 4.79 Å². The Labute approximate surface area is 189 Å². The third-order valence-electron chi connectivity index (χ3n) is 5.22. The lowest BCUT2D eigenvalue weighted by molar-refractivity contribution is -0.112. The minimum Gasteiger partial charge on any atom is -0.465 e. The van der Waals surface area contributed by atoms with Crippen molar-refractivity contribution in [2.75, 3.05) is 12.4 Å². The second-order valence-electron chi connectivity index (χ2n) is 7.22. The van der Waals surface area contributed by atoms with Crippen molar-refractivity contribution in [1.29, 1.82) is 5.26 Å². The van der Waals surface area contributed by atoms with E-state index in [-0.39, 0.29) is 11.3 Å². The summed E-state index contributed by atoms with van der Waals surface area (Å²) in [6, 6.07) is 9.46. The molecule has 1 amide bonds. The Morgan fingerprint density at radius 2 is 1.91 bits per heavy atom. The van der Waals surface area contributed by atoms with Gasteiger partial charge in [-0.05, 0) is 63.1 Å². The van der Waals surface area contributed by atoms with Gasteiger partial charge in [0.1, 0.15) is 22.5 Å². The van der Waals surface area contributed by atoms with Crippen molar-refractivity contribution in [3.8, 4) is 11.1 Å². The minimum absolute atomic E-state index is 0.00335. The number of halogens is 1. The Morgan fingerprint density at radius 1 is 1.22 bits per heavy atom. The van der Waals surface area contributed by atoms with Gasteiger partial charge in [-0.1, -0.05) is 12.1 Å². The van der Waals surface area contributed by atoms with Crippen molar-refractivity contribution in [2.24, 2.45) is 0 Å². The lowest BCUT2D eigenvalue weighted by Gasteiger charge is -2.10. The number of benzene rings is 1. The Morgan fingerprint density at radius 3 is 2.53 bits per heavy atom. The molecule has 0 saturated heterocycles. The van der Waals surface area contributed by atoms with E-state index in [4.69, 9.17) is 4.74 Å². The number of hydrogen-bond donors (Lipinski definition) is 1. The minimum atomic E-state index is -0.708. The summed E-state index contributed by atoms with van der Waals surface area (Å²) in [5, 5.41) is 12.7. The van der Waals surface area contributed by atoms with Crippen LogP contribution in [-0.2, 0) is 9.53 Å². The summed E-state index contributed by atoms with van der Waals surface area (Å²) in [6.45, 7) is 7.53. The zero-order valence-electron chi connectivity index (χ0n) is 18.4. The number of carbonyl (C=O) groups excluding carboxylic acids is 2. The van der Waals surface area contributed by atoms with Gasteiger partial charge in [0.25, 0.3) is 5.91 Å². The second kappa shape index (κ2) is 9.20. The fraction of sp³-hybridized carbons (Fsp3) is 0.208. The lowest BCUT2D eigenvalue weighted by Crippen LogP contribution is -2.14. The summed E-state index contributed by atoms with van der Waals surface area (Å²) in [5.41, 5.74) is 3.39. The van der Waals surface area contributed by atoms with Crippen LogP contribution < -0.4 is 5.32 Å². The molecule has 0 bridgehead atoms. The standard InChI is InChI=1S/C24H22FN3O3S/c1-13-10-17(11-18(12-26)22(29)27-20-9-7-6-8-19(20)25)15(3)28(13)23-21(24(30)31-5)14(2)16(4)32-23/h6-11H,1-5H3,(H,27,29)/b18-11+.